The molecule has 0 aliphatic carbocycles. The van der Waals surface area contributed by atoms with E-state index in [2.05, 4.69) is 0 Å². The first-order valence-corrected chi connectivity index (χ1v) is 7.38. The zero-order valence-electron chi connectivity index (χ0n) is 11.9. The summed E-state index contributed by atoms with van der Waals surface area (Å²) >= 11 is 1.32. The van der Waals surface area contributed by atoms with Gasteiger partial charge in [-0.3, -0.25) is 4.79 Å². The van der Waals surface area contributed by atoms with Crippen molar-refractivity contribution in [2.24, 2.45) is 0 Å². The summed E-state index contributed by atoms with van der Waals surface area (Å²) in [5.41, 5.74) is 1.12. The predicted octanol–water partition coefficient (Wildman–Crippen LogP) is 3.09. The van der Waals surface area contributed by atoms with Crippen molar-refractivity contribution < 1.29 is 19.1 Å². The largest absolute Gasteiger partial charge is 0.497 e. The second kappa shape index (κ2) is 7.04. The highest BCUT2D eigenvalue weighted by Crippen LogP contribution is 2.22. The maximum Gasteiger partial charge on any atom is 0.380 e. The Morgan fingerprint density at radius 2 is 1.81 bits per heavy atom. The molecule has 0 unspecified atom stereocenters. The minimum Gasteiger partial charge on any atom is -0.497 e. The molecule has 0 fully saturated rings. The van der Waals surface area contributed by atoms with E-state index >= 15 is 0 Å². The highest BCUT2D eigenvalue weighted by Gasteiger charge is 2.19. The summed E-state index contributed by atoms with van der Waals surface area (Å²) in [6.45, 7) is 1.88. The molecular formula is C16H16O4S. The Hall–Kier alpha value is -2.14. The van der Waals surface area contributed by atoms with Crippen molar-refractivity contribution in [3.8, 4) is 5.75 Å². The van der Waals surface area contributed by atoms with Gasteiger partial charge < -0.3 is 9.47 Å². The average molecular weight is 304 g/mol. The van der Waals surface area contributed by atoms with Gasteiger partial charge in [-0.1, -0.05) is 12.1 Å². The summed E-state index contributed by atoms with van der Waals surface area (Å²) in [5.74, 6) is -0.568. The van der Waals surface area contributed by atoms with E-state index in [4.69, 9.17) is 9.47 Å². The SMILES string of the molecule is CCOC(=O)C(=O)c1ccc(Cc2ccc(OC)cc2)s1. The third kappa shape index (κ3) is 3.92. The van der Waals surface area contributed by atoms with E-state index in [1.54, 1.807) is 20.1 Å². The first-order chi connectivity index (χ1) is 10.1. The van der Waals surface area contributed by atoms with Crippen LogP contribution in [0.1, 0.15) is 27.0 Å². The Morgan fingerprint density at radius 1 is 1.10 bits per heavy atom. The lowest BCUT2D eigenvalue weighted by atomic mass is 10.1. The quantitative estimate of drug-likeness (QED) is 0.467. The Labute approximate surface area is 127 Å². The average Bonchev–Trinajstić information content (AvgIpc) is 2.96. The van der Waals surface area contributed by atoms with E-state index in [0.717, 1.165) is 16.2 Å². The van der Waals surface area contributed by atoms with Crippen LogP contribution in [0.15, 0.2) is 36.4 Å². The third-order valence-electron chi connectivity index (χ3n) is 2.88. The number of carbonyl (C=O) groups is 2. The number of thiophene rings is 1. The monoisotopic (exact) mass is 304 g/mol. The minimum absolute atomic E-state index is 0.203. The van der Waals surface area contributed by atoms with Crippen molar-refractivity contribution in [2.45, 2.75) is 13.3 Å². The van der Waals surface area contributed by atoms with Gasteiger partial charge in [-0.05, 0) is 36.8 Å². The molecule has 5 heteroatoms. The summed E-state index contributed by atoms with van der Waals surface area (Å²) in [7, 11) is 1.63. The van der Waals surface area contributed by atoms with Crippen LogP contribution in [-0.2, 0) is 16.0 Å². The van der Waals surface area contributed by atoms with Gasteiger partial charge in [0, 0.05) is 11.3 Å². The minimum atomic E-state index is -0.796. The van der Waals surface area contributed by atoms with Crippen LogP contribution in [0.4, 0.5) is 0 Å². The number of carbonyl (C=O) groups excluding carboxylic acids is 2. The number of Topliss-reactive ketones (excluding diaryl/α,β-unsaturated/α-hetero) is 1. The van der Waals surface area contributed by atoms with Crippen molar-refractivity contribution in [3.05, 3.63) is 51.7 Å². The van der Waals surface area contributed by atoms with Gasteiger partial charge in [0.25, 0.3) is 5.78 Å². The van der Waals surface area contributed by atoms with E-state index in [0.29, 0.717) is 11.3 Å². The standard InChI is InChI=1S/C16H16O4S/c1-3-20-16(18)15(17)14-9-8-13(21-14)10-11-4-6-12(19-2)7-5-11/h4-9H,3,10H2,1-2H3. The Morgan fingerprint density at radius 3 is 2.43 bits per heavy atom. The first-order valence-electron chi connectivity index (χ1n) is 6.57. The van der Waals surface area contributed by atoms with Crippen molar-refractivity contribution >= 4 is 23.1 Å². The zero-order valence-corrected chi connectivity index (χ0v) is 12.7. The molecule has 2 rings (SSSR count). The molecule has 0 saturated carbocycles. The van der Waals surface area contributed by atoms with Crippen molar-refractivity contribution in [1.82, 2.24) is 0 Å². The number of hydrogen-bond acceptors (Lipinski definition) is 5. The van der Waals surface area contributed by atoms with Gasteiger partial charge in [0.1, 0.15) is 5.75 Å². The lowest BCUT2D eigenvalue weighted by molar-refractivity contribution is -0.137. The fourth-order valence-electron chi connectivity index (χ4n) is 1.84. The summed E-state index contributed by atoms with van der Waals surface area (Å²) in [4.78, 5) is 24.6. The normalized spacial score (nSPS) is 10.2. The number of methoxy groups -OCH3 is 1. The molecule has 0 bridgehead atoms. The molecule has 2 aromatic rings. The first kappa shape index (κ1) is 15.3. The predicted molar refractivity (Wildman–Crippen MR) is 81.1 cm³/mol. The van der Waals surface area contributed by atoms with Gasteiger partial charge in [0.05, 0.1) is 18.6 Å². The molecule has 0 saturated heterocycles. The van der Waals surface area contributed by atoms with Crippen LogP contribution in [0.25, 0.3) is 0 Å². The fourth-order valence-corrected chi connectivity index (χ4v) is 2.81. The number of ketones is 1. The van der Waals surface area contributed by atoms with Crippen molar-refractivity contribution in [3.63, 3.8) is 0 Å². The smallest absolute Gasteiger partial charge is 0.380 e. The molecule has 1 aromatic carbocycles. The zero-order chi connectivity index (χ0) is 15.2. The summed E-state index contributed by atoms with van der Waals surface area (Å²) in [5, 5.41) is 0. The molecule has 0 atom stereocenters. The van der Waals surface area contributed by atoms with Crippen LogP contribution in [-0.4, -0.2) is 25.5 Å². The molecule has 0 N–H and O–H groups in total. The lowest BCUT2D eigenvalue weighted by Crippen LogP contribution is -2.16. The van der Waals surface area contributed by atoms with E-state index in [1.165, 1.54) is 11.3 Å². The van der Waals surface area contributed by atoms with Crippen LogP contribution in [0.2, 0.25) is 0 Å². The van der Waals surface area contributed by atoms with E-state index in [-0.39, 0.29) is 6.61 Å². The molecule has 0 aliphatic heterocycles. The van der Waals surface area contributed by atoms with Crippen molar-refractivity contribution in [2.75, 3.05) is 13.7 Å². The van der Waals surface area contributed by atoms with Crippen LogP contribution >= 0.6 is 11.3 Å². The van der Waals surface area contributed by atoms with E-state index in [1.807, 2.05) is 30.3 Å². The van der Waals surface area contributed by atoms with Crippen LogP contribution < -0.4 is 4.74 Å². The molecule has 1 heterocycles. The maximum atomic E-state index is 11.8. The number of ether oxygens (including phenoxy) is 2. The summed E-state index contributed by atoms with van der Waals surface area (Å²) in [6.07, 6.45) is 0.713. The highest BCUT2D eigenvalue weighted by molar-refractivity contribution is 7.14. The second-order valence-corrected chi connectivity index (χ2v) is 5.51. The molecule has 0 amide bonds. The van der Waals surface area contributed by atoms with Crippen LogP contribution in [0.5, 0.6) is 5.75 Å². The molecular weight excluding hydrogens is 288 g/mol. The van der Waals surface area contributed by atoms with E-state index in [9.17, 15) is 9.59 Å². The van der Waals surface area contributed by atoms with E-state index < -0.39 is 11.8 Å². The summed E-state index contributed by atoms with van der Waals surface area (Å²) in [6, 6.07) is 11.3. The molecule has 4 nitrogen and oxygen atoms in total. The number of hydrogen-bond donors (Lipinski definition) is 0. The molecule has 0 spiro atoms. The maximum absolute atomic E-state index is 11.8. The number of benzene rings is 1. The van der Waals surface area contributed by atoms with Gasteiger partial charge in [-0.15, -0.1) is 11.3 Å². The molecule has 0 radical (unpaired) electrons. The molecule has 110 valence electrons. The second-order valence-electron chi connectivity index (χ2n) is 4.34. The Balaban J connectivity index is 2.05. The van der Waals surface area contributed by atoms with Gasteiger partial charge in [-0.2, -0.15) is 0 Å². The Kier molecular flexibility index (Phi) is 5.11. The fraction of sp³-hybridized carbons (Fsp3) is 0.250. The van der Waals surface area contributed by atoms with Gasteiger partial charge >= 0.3 is 5.97 Å². The molecule has 0 aliphatic rings. The van der Waals surface area contributed by atoms with Crippen molar-refractivity contribution in [1.29, 1.82) is 0 Å². The summed E-state index contributed by atoms with van der Waals surface area (Å²) < 4.78 is 9.83. The molecule has 1 aromatic heterocycles. The van der Waals surface area contributed by atoms with Gasteiger partial charge in [-0.25, -0.2) is 4.79 Å². The lowest BCUT2D eigenvalue weighted by Gasteiger charge is -2.02. The topological polar surface area (TPSA) is 52.6 Å². The Bertz CT molecular complexity index is 628. The van der Waals surface area contributed by atoms with Gasteiger partial charge in [0.2, 0.25) is 0 Å². The van der Waals surface area contributed by atoms with Crippen LogP contribution in [0, 0.1) is 0 Å². The molecule has 21 heavy (non-hydrogen) atoms. The van der Waals surface area contributed by atoms with Gasteiger partial charge in [0.15, 0.2) is 0 Å². The third-order valence-corrected chi connectivity index (χ3v) is 3.97. The number of rotatable bonds is 6. The highest BCUT2D eigenvalue weighted by atomic mass is 32.1. The number of esters is 1. The van der Waals surface area contributed by atoms with Crippen LogP contribution in [0.3, 0.4) is 0 Å².